The Hall–Kier alpha value is -2.82. The average molecular weight is 354 g/mol. The Labute approximate surface area is 155 Å². The minimum atomic E-state index is -0.273. The Balaban J connectivity index is 1.83. The van der Waals surface area contributed by atoms with Gasteiger partial charge in [-0.05, 0) is 42.8 Å². The monoisotopic (exact) mass is 354 g/mol. The molecule has 0 unspecified atom stereocenters. The van der Waals surface area contributed by atoms with Crippen molar-refractivity contribution >= 4 is 12.1 Å². The van der Waals surface area contributed by atoms with Gasteiger partial charge in [0.25, 0.3) is 5.91 Å². The number of unbranched alkanes of at least 4 members (excludes halogenated alkanes) is 3. The SMILES string of the molecule is CCCCCCOc1ccc(C(=O)N/N=C/c2ccccc2OC)cc1. The van der Waals surface area contributed by atoms with Gasteiger partial charge in [-0.1, -0.05) is 38.3 Å². The van der Waals surface area contributed by atoms with E-state index in [0.29, 0.717) is 17.9 Å². The van der Waals surface area contributed by atoms with Gasteiger partial charge in [0.05, 0.1) is 19.9 Å². The number of hydrogen-bond acceptors (Lipinski definition) is 4. The largest absolute Gasteiger partial charge is 0.496 e. The van der Waals surface area contributed by atoms with Gasteiger partial charge in [0.2, 0.25) is 0 Å². The summed E-state index contributed by atoms with van der Waals surface area (Å²) in [5, 5.41) is 3.99. The van der Waals surface area contributed by atoms with Gasteiger partial charge in [0.15, 0.2) is 0 Å². The molecule has 2 rings (SSSR count). The quantitative estimate of drug-likeness (QED) is 0.390. The maximum absolute atomic E-state index is 12.1. The highest BCUT2D eigenvalue weighted by atomic mass is 16.5. The van der Waals surface area contributed by atoms with Gasteiger partial charge in [0.1, 0.15) is 11.5 Å². The van der Waals surface area contributed by atoms with E-state index in [0.717, 1.165) is 17.7 Å². The maximum atomic E-state index is 12.1. The molecule has 0 aliphatic rings. The Morgan fingerprint density at radius 1 is 1.08 bits per heavy atom. The van der Waals surface area contributed by atoms with Crippen LogP contribution in [0.3, 0.4) is 0 Å². The molecule has 2 aromatic carbocycles. The lowest BCUT2D eigenvalue weighted by Gasteiger charge is -2.07. The van der Waals surface area contributed by atoms with Gasteiger partial charge in [-0.15, -0.1) is 0 Å². The first-order valence-electron chi connectivity index (χ1n) is 8.94. The van der Waals surface area contributed by atoms with Crippen molar-refractivity contribution in [2.24, 2.45) is 5.10 Å². The van der Waals surface area contributed by atoms with Gasteiger partial charge in [-0.2, -0.15) is 5.10 Å². The van der Waals surface area contributed by atoms with Crippen molar-refractivity contribution in [1.82, 2.24) is 5.43 Å². The minimum Gasteiger partial charge on any atom is -0.496 e. The smallest absolute Gasteiger partial charge is 0.271 e. The summed E-state index contributed by atoms with van der Waals surface area (Å²) in [6, 6.07) is 14.5. The van der Waals surface area contributed by atoms with E-state index in [2.05, 4.69) is 17.5 Å². The van der Waals surface area contributed by atoms with Crippen LogP contribution in [0.1, 0.15) is 48.5 Å². The minimum absolute atomic E-state index is 0.273. The van der Waals surface area contributed by atoms with Crippen LogP contribution in [-0.2, 0) is 0 Å². The zero-order valence-corrected chi connectivity index (χ0v) is 15.4. The molecule has 0 saturated heterocycles. The highest BCUT2D eigenvalue weighted by Gasteiger charge is 2.05. The first-order valence-corrected chi connectivity index (χ1v) is 8.94. The molecule has 0 atom stereocenters. The molecule has 0 radical (unpaired) electrons. The number of nitrogens with one attached hydrogen (secondary N) is 1. The molecule has 5 heteroatoms. The molecular formula is C21H26N2O3. The number of rotatable bonds is 10. The van der Waals surface area contributed by atoms with Crippen LogP contribution in [0.2, 0.25) is 0 Å². The number of benzene rings is 2. The second kappa shape index (κ2) is 10.9. The summed E-state index contributed by atoms with van der Waals surface area (Å²) < 4.78 is 10.9. The summed E-state index contributed by atoms with van der Waals surface area (Å²) in [5.41, 5.74) is 3.84. The van der Waals surface area contributed by atoms with Crippen molar-refractivity contribution in [3.63, 3.8) is 0 Å². The molecule has 1 N–H and O–H groups in total. The lowest BCUT2D eigenvalue weighted by atomic mass is 10.2. The van der Waals surface area contributed by atoms with Crippen LogP contribution in [0.5, 0.6) is 11.5 Å². The molecule has 138 valence electrons. The number of amides is 1. The number of carbonyl (C=O) groups is 1. The highest BCUT2D eigenvalue weighted by molar-refractivity contribution is 5.95. The van der Waals surface area contributed by atoms with Crippen LogP contribution < -0.4 is 14.9 Å². The molecular weight excluding hydrogens is 328 g/mol. The zero-order valence-electron chi connectivity index (χ0n) is 15.4. The number of carbonyl (C=O) groups excluding carboxylic acids is 1. The molecule has 5 nitrogen and oxygen atoms in total. The summed E-state index contributed by atoms with van der Waals surface area (Å²) in [5.74, 6) is 1.20. The summed E-state index contributed by atoms with van der Waals surface area (Å²) in [6.45, 7) is 2.89. The molecule has 2 aromatic rings. The number of hydrogen-bond donors (Lipinski definition) is 1. The number of hydrazone groups is 1. The fraction of sp³-hybridized carbons (Fsp3) is 0.333. The number of para-hydroxylation sites is 1. The van der Waals surface area contributed by atoms with Crippen molar-refractivity contribution in [3.05, 3.63) is 59.7 Å². The van der Waals surface area contributed by atoms with Gasteiger partial charge in [-0.3, -0.25) is 4.79 Å². The van der Waals surface area contributed by atoms with Crippen molar-refractivity contribution in [1.29, 1.82) is 0 Å². The molecule has 0 heterocycles. The van der Waals surface area contributed by atoms with E-state index in [9.17, 15) is 4.79 Å². The van der Waals surface area contributed by atoms with Gasteiger partial charge in [0, 0.05) is 11.1 Å². The molecule has 0 spiro atoms. The van der Waals surface area contributed by atoms with Crippen LogP contribution >= 0.6 is 0 Å². The fourth-order valence-corrected chi connectivity index (χ4v) is 2.42. The standard InChI is InChI=1S/C21H26N2O3/c1-3-4-5-8-15-26-19-13-11-17(12-14-19)21(24)23-22-16-18-9-6-7-10-20(18)25-2/h6-7,9-14,16H,3-5,8,15H2,1-2H3,(H,23,24)/b22-16+. The Bertz CT molecular complexity index is 711. The maximum Gasteiger partial charge on any atom is 0.271 e. The lowest BCUT2D eigenvalue weighted by molar-refractivity contribution is 0.0955. The van der Waals surface area contributed by atoms with Crippen LogP contribution in [0, 0.1) is 0 Å². The molecule has 0 aromatic heterocycles. The Kier molecular flexibility index (Phi) is 8.19. The number of methoxy groups -OCH3 is 1. The van der Waals surface area contributed by atoms with E-state index in [1.807, 2.05) is 24.3 Å². The van der Waals surface area contributed by atoms with Crippen molar-refractivity contribution in [3.8, 4) is 11.5 Å². The summed E-state index contributed by atoms with van der Waals surface area (Å²) in [6.07, 6.45) is 6.24. The highest BCUT2D eigenvalue weighted by Crippen LogP contribution is 2.15. The normalized spacial score (nSPS) is 10.7. The van der Waals surface area contributed by atoms with Crippen molar-refractivity contribution < 1.29 is 14.3 Å². The van der Waals surface area contributed by atoms with Crippen LogP contribution in [-0.4, -0.2) is 25.8 Å². The topological polar surface area (TPSA) is 59.9 Å². The molecule has 0 bridgehead atoms. The lowest BCUT2D eigenvalue weighted by Crippen LogP contribution is -2.17. The predicted octanol–water partition coefficient (Wildman–Crippen LogP) is 4.42. The number of ether oxygens (including phenoxy) is 2. The van der Waals surface area contributed by atoms with E-state index in [1.54, 1.807) is 37.6 Å². The van der Waals surface area contributed by atoms with Gasteiger partial charge in [-0.25, -0.2) is 5.43 Å². The van der Waals surface area contributed by atoms with Crippen LogP contribution in [0.25, 0.3) is 0 Å². The van der Waals surface area contributed by atoms with E-state index >= 15 is 0 Å². The summed E-state index contributed by atoms with van der Waals surface area (Å²) in [7, 11) is 1.60. The summed E-state index contributed by atoms with van der Waals surface area (Å²) >= 11 is 0. The van der Waals surface area contributed by atoms with Crippen LogP contribution in [0.4, 0.5) is 0 Å². The third kappa shape index (κ3) is 6.24. The van der Waals surface area contributed by atoms with E-state index in [-0.39, 0.29) is 5.91 Å². The second-order valence-electron chi connectivity index (χ2n) is 5.87. The van der Waals surface area contributed by atoms with Crippen molar-refractivity contribution in [2.75, 3.05) is 13.7 Å². The molecule has 26 heavy (non-hydrogen) atoms. The predicted molar refractivity (Wildman–Crippen MR) is 104 cm³/mol. The molecule has 0 saturated carbocycles. The third-order valence-electron chi connectivity index (χ3n) is 3.89. The summed E-state index contributed by atoms with van der Waals surface area (Å²) in [4.78, 5) is 12.1. The molecule has 1 amide bonds. The van der Waals surface area contributed by atoms with E-state index in [1.165, 1.54) is 19.3 Å². The Morgan fingerprint density at radius 3 is 2.58 bits per heavy atom. The first kappa shape index (κ1) is 19.5. The number of nitrogens with zero attached hydrogens (tertiary/aromatic N) is 1. The second-order valence-corrected chi connectivity index (χ2v) is 5.87. The van der Waals surface area contributed by atoms with Gasteiger partial charge < -0.3 is 9.47 Å². The Morgan fingerprint density at radius 2 is 1.85 bits per heavy atom. The van der Waals surface area contributed by atoms with E-state index in [4.69, 9.17) is 9.47 Å². The molecule has 0 aliphatic heterocycles. The molecule has 0 fully saturated rings. The molecule has 0 aliphatic carbocycles. The average Bonchev–Trinajstić information content (AvgIpc) is 2.68. The first-order chi connectivity index (χ1) is 12.7. The van der Waals surface area contributed by atoms with E-state index < -0.39 is 0 Å². The zero-order chi connectivity index (χ0) is 18.6. The van der Waals surface area contributed by atoms with Crippen LogP contribution in [0.15, 0.2) is 53.6 Å². The third-order valence-corrected chi connectivity index (χ3v) is 3.89. The van der Waals surface area contributed by atoms with Crippen molar-refractivity contribution in [2.45, 2.75) is 32.6 Å². The fourth-order valence-electron chi connectivity index (χ4n) is 2.42. The van der Waals surface area contributed by atoms with Gasteiger partial charge >= 0.3 is 0 Å².